The van der Waals surface area contributed by atoms with Crippen molar-refractivity contribution in [2.24, 2.45) is 35.5 Å². The van der Waals surface area contributed by atoms with Gasteiger partial charge in [0.05, 0.1) is 31.2 Å². The molecule has 0 bridgehead atoms. The van der Waals surface area contributed by atoms with Crippen molar-refractivity contribution in [3.63, 3.8) is 0 Å². The maximum atomic E-state index is 12.5. The lowest BCUT2D eigenvalue weighted by molar-refractivity contribution is -0.384. The predicted molar refractivity (Wildman–Crippen MR) is 159 cm³/mol. The molecule has 0 aromatic heterocycles. The van der Waals surface area contributed by atoms with Gasteiger partial charge in [-0.2, -0.15) is 0 Å². The van der Waals surface area contributed by atoms with Gasteiger partial charge >= 0.3 is 18.3 Å². The van der Waals surface area contributed by atoms with Gasteiger partial charge in [-0.25, -0.2) is 14.4 Å². The zero-order valence-electron chi connectivity index (χ0n) is 24.8. The number of hydrogen-bond acceptors (Lipinski definition) is 9. The standard InChI is InChI=1S/C32H41N3O9/c36-30(41-19-28-24-9-5-1-2-6-10-25(24)28)33-17-23(44-32(38)43-22-15-13-21(14-16-22)35(39)40)18-34-31(37)42-20-29-26-11-7-3-4-8-12-27(26)29/h1-4,13-16,23-29H,5-12,17-20H2,(H,33,36)(H,34,37)/b2-1-,4-3-. The van der Waals surface area contributed by atoms with E-state index in [0.29, 0.717) is 48.7 Å². The molecule has 0 radical (unpaired) electrons. The molecule has 0 spiro atoms. The molecule has 4 aliphatic carbocycles. The van der Waals surface area contributed by atoms with Gasteiger partial charge in [-0.05, 0) is 99.0 Å². The molecule has 44 heavy (non-hydrogen) atoms. The van der Waals surface area contributed by atoms with E-state index in [0.717, 1.165) is 51.4 Å². The summed E-state index contributed by atoms with van der Waals surface area (Å²) in [6.07, 6.45) is 14.1. The quantitative estimate of drug-likeness (QED) is 0.0775. The molecule has 0 aliphatic heterocycles. The second-order valence-electron chi connectivity index (χ2n) is 12.0. The van der Waals surface area contributed by atoms with Gasteiger partial charge in [0.25, 0.3) is 5.69 Å². The van der Waals surface area contributed by atoms with Crippen LogP contribution in [0.25, 0.3) is 0 Å². The Labute approximate surface area is 256 Å². The molecule has 1 aromatic carbocycles. The monoisotopic (exact) mass is 611 g/mol. The second-order valence-corrected chi connectivity index (χ2v) is 12.0. The molecule has 1 aromatic rings. The van der Waals surface area contributed by atoms with Gasteiger partial charge in [-0.1, -0.05) is 24.3 Å². The van der Waals surface area contributed by atoms with Gasteiger partial charge in [0.15, 0.2) is 0 Å². The van der Waals surface area contributed by atoms with Crippen LogP contribution in [0.2, 0.25) is 0 Å². The Morgan fingerprint density at radius 3 is 1.59 bits per heavy atom. The molecule has 2 amide bonds. The van der Waals surface area contributed by atoms with Gasteiger partial charge in [0.2, 0.25) is 0 Å². The highest BCUT2D eigenvalue weighted by atomic mass is 16.7. The summed E-state index contributed by atoms with van der Waals surface area (Å²) in [5, 5.41) is 16.1. The first-order valence-electron chi connectivity index (χ1n) is 15.6. The number of nitrogens with zero attached hydrogens (tertiary/aromatic N) is 1. The highest BCUT2D eigenvalue weighted by Gasteiger charge is 2.50. The first kappa shape index (κ1) is 31.3. The first-order valence-corrected chi connectivity index (χ1v) is 15.6. The molecule has 238 valence electrons. The number of rotatable bonds is 11. The van der Waals surface area contributed by atoms with E-state index in [1.807, 2.05) is 0 Å². The topological polar surface area (TPSA) is 155 Å². The SMILES string of the molecule is O=C(NCC(CNC(=O)OCC1C2CC/C=C\CCC21)OC(=O)Oc1ccc([N+](=O)[O-])cc1)OCC1C2CC/C=C\CCC21. The Morgan fingerprint density at radius 1 is 0.750 bits per heavy atom. The lowest BCUT2D eigenvalue weighted by Gasteiger charge is -2.19. The van der Waals surface area contributed by atoms with Crippen LogP contribution in [-0.4, -0.2) is 55.7 Å². The number of hydrogen-bond donors (Lipinski definition) is 2. The predicted octanol–water partition coefficient (Wildman–Crippen LogP) is 5.92. The third kappa shape index (κ3) is 8.96. The van der Waals surface area contributed by atoms with Crippen LogP contribution in [0.5, 0.6) is 5.75 Å². The zero-order chi connectivity index (χ0) is 30.9. The van der Waals surface area contributed by atoms with Crippen molar-refractivity contribution in [1.29, 1.82) is 0 Å². The Kier molecular flexibility index (Phi) is 10.7. The number of amides is 2. The molecule has 4 aliphatic rings. The Bertz CT molecular complexity index is 1140. The van der Waals surface area contributed by atoms with Crippen molar-refractivity contribution >= 4 is 24.0 Å². The summed E-state index contributed by atoms with van der Waals surface area (Å²) >= 11 is 0. The minimum absolute atomic E-state index is 0.0412. The lowest BCUT2D eigenvalue weighted by Crippen LogP contribution is -2.43. The molecule has 2 fully saturated rings. The molecule has 5 rings (SSSR count). The highest BCUT2D eigenvalue weighted by molar-refractivity contribution is 5.68. The number of nitrogens with one attached hydrogen (secondary N) is 2. The van der Waals surface area contributed by atoms with Gasteiger partial charge in [0, 0.05) is 12.1 Å². The molecule has 2 N–H and O–H groups in total. The fourth-order valence-corrected chi connectivity index (χ4v) is 6.77. The smallest absolute Gasteiger partial charge is 0.449 e. The number of carbonyl (C=O) groups is 3. The van der Waals surface area contributed by atoms with Crippen LogP contribution in [0.3, 0.4) is 0 Å². The number of non-ortho nitro benzene ring substituents is 1. The molecule has 12 nitrogen and oxygen atoms in total. The molecule has 0 saturated heterocycles. The summed E-state index contributed by atoms with van der Waals surface area (Å²) in [6.45, 7) is 0.378. The Morgan fingerprint density at radius 2 is 1.18 bits per heavy atom. The highest BCUT2D eigenvalue weighted by Crippen LogP contribution is 2.53. The largest absolute Gasteiger partial charge is 0.514 e. The fourth-order valence-electron chi connectivity index (χ4n) is 6.77. The van der Waals surface area contributed by atoms with Crippen molar-refractivity contribution in [2.75, 3.05) is 26.3 Å². The number of fused-ring (bicyclic) bond motifs is 2. The number of allylic oxidation sites excluding steroid dienone is 4. The molecule has 2 saturated carbocycles. The van der Waals surface area contributed by atoms with Gasteiger partial charge < -0.3 is 29.6 Å². The van der Waals surface area contributed by atoms with Crippen molar-refractivity contribution in [3.05, 3.63) is 58.7 Å². The summed E-state index contributed by atoms with van der Waals surface area (Å²) in [5.74, 6) is 3.09. The number of carbonyl (C=O) groups excluding carboxylic acids is 3. The summed E-state index contributed by atoms with van der Waals surface area (Å²) < 4.78 is 21.4. The Balaban J connectivity index is 1.07. The van der Waals surface area contributed by atoms with E-state index >= 15 is 0 Å². The summed E-state index contributed by atoms with van der Waals surface area (Å²) in [6, 6.07) is 4.93. The van der Waals surface area contributed by atoms with Gasteiger partial charge in [-0.15, -0.1) is 0 Å². The van der Waals surface area contributed by atoms with E-state index in [-0.39, 0.29) is 24.5 Å². The summed E-state index contributed by atoms with van der Waals surface area (Å²) in [7, 11) is 0. The van der Waals surface area contributed by atoms with Gasteiger partial charge in [0.1, 0.15) is 11.9 Å². The fraction of sp³-hybridized carbons (Fsp3) is 0.594. The van der Waals surface area contributed by atoms with E-state index < -0.39 is 29.4 Å². The van der Waals surface area contributed by atoms with E-state index in [2.05, 4.69) is 34.9 Å². The number of ether oxygens (including phenoxy) is 4. The van der Waals surface area contributed by atoms with Crippen molar-refractivity contribution < 1.29 is 38.3 Å². The van der Waals surface area contributed by atoms with E-state index in [1.165, 1.54) is 24.3 Å². The average Bonchev–Trinajstić information content (AvgIpc) is 3.84. The van der Waals surface area contributed by atoms with Crippen LogP contribution in [0.1, 0.15) is 51.4 Å². The molecule has 12 heteroatoms. The van der Waals surface area contributed by atoms with Crippen molar-refractivity contribution in [1.82, 2.24) is 10.6 Å². The molecule has 4 atom stereocenters. The molecule has 0 heterocycles. The normalized spacial score (nSPS) is 28.8. The van der Waals surface area contributed by atoms with E-state index in [9.17, 15) is 24.5 Å². The first-order chi connectivity index (χ1) is 21.4. The summed E-state index contributed by atoms with van der Waals surface area (Å²) in [5.41, 5.74) is -0.157. The van der Waals surface area contributed by atoms with Crippen LogP contribution < -0.4 is 15.4 Å². The van der Waals surface area contributed by atoms with Crippen LogP contribution in [0.15, 0.2) is 48.6 Å². The van der Waals surface area contributed by atoms with Crippen LogP contribution >= 0.6 is 0 Å². The van der Waals surface area contributed by atoms with E-state index in [4.69, 9.17) is 18.9 Å². The van der Waals surface area contributed by atoms with Gasteiger partial charge in [-0.3, -0.25) is 10.1 Å². The minimum atomic E-state index is -1.10. The molecular formula is C32H41N3O9. The van der Waals surface area contributed by atoms with Crippen molar-refractivity contribution in [3.8, 4) is 5.75 Å². The maximum Gasteiger partial charge on any atom is 0.514 e. The van der Waals surface area contributed by atoms with Crippen LogP contribution in [0.4, 0.5) is 20.1 Å². The van der Waals surface area contributed by atoms with Crippen LogP contribution in [0, 0.1) is 45.6 Å². The lowest BCUT2D eigenvalue weighted by atomic mass is 10.1. The minimum Gasteiger partial charge on any atom is -0.449 e. The average molecular weight is 612 g/mol. The third-order valence-corrected chi connectivity index (χ3v) is 9.29. The third-order valence-electron chi connectivity index (χ3n) is 9.29. The number of benzene rings is 1. The van der Waals surface area contributed by atoms with Crippen LogP contribution in [-0.2, 0) is 14.2 Å². The maximum absolute atomic E-state index is 12.5. The molecular weight excluding hydrogens is 570 g/mol. The summed E-state index contributed by atoms with van der Waals surface area (Å²) in [4.78, 5) is 47.8. The zero-order valence-corrected chi connectivity index (χ0v) is 24.8. The number of alkyl carbamates (subject to hydrolysis) is 2. The molecule has 4 unspecified atom stereocenters. The van der Waals surface area contributed by atoms with E-state index in [1.54, 1.807) is 0 Å². The Hall–Kier alpha value is -4.09. The second kappa shape index (κ2) is 15.1. The number of nitro benzene ring substituents is 1. The van der Waals surface area contributed by atoms with Crippen molar-refractivity contribution in [2.45, 2.75) is 57.5 Å². The number of nitro groups is 1.